The minimum Gasteiger partial charge on any atom is -0.439 e. The lowest BCUT2D eigenvalue weighted by Gasteiger charge is -2.13. The van der Waals surface area contributed by atoms with E-state index in [1.165, 1.54) is 6.33 Å². The van der Waals surface area contributed by atoms with E-state index in [9.17, 15) is 4.79 Å². The van der Waals surface area contributed by atoms with Gasteiger partial charge in [-0.25, -0.2) is 15.0 Å². The van der Waals surface area contributed by atoms with Crippen molar-refractivity contribution in [2.24, 2.45) is 0 Å². The first kappa shape index (κ1) is 23.5. The minimum absolute atomic E-state index is 0.173. The number of carbonyl (C=O) groups is 1. The summed E-state index contributed by atoms with van der Waals surface area (Å²) in [5, 5.41) is 18.3. The standard InChI is InChI=1S/C27H25N9O2/c1-17-11-19(5-8-23(17)38-26-13-24-35-32-16-36(24)15-31-26)34-27-21-12-20(4-7-22(21)29-14-30-27)33-25(37)9-6-18-3-2-10-28-18/h4-9,11-16,18,28H,2-3,10H2,1H3,(H,33,37)(H,29,30,34). The fraction of sp³-hybridized carbons (Fsp3) is 0.185. The highest BCUT2D eigenvalue weighted by atomic mass is 16.5. The van der Waals surface area contributed by atoms with Crippen LogP contribution in [0.1, 0.15) is 18.4 Å². The number of ether oxygens (including phenoxy) is 1. The van der Waals surface area contributed by atoms with Gasteiger partial charge in [-0.2, -0.15) is 0 Å². The van der Waals surface area contributed by atoms with Gasteiger partial charge in [0.15, 0.2) is 5.65 Å². The van der Waals surface area contributed by atoms with Crippen LogP contribution < -0.4 is 20.7 Å². The van der Waals surface area contributed by atoms with E-state index in [-0.39, 0.29) is 11.9 Å². The molecule has 3 N–H and O–H groups in total. The summed E-state index contributed by atoms with van der Waals surface area (Å²) in [5.41, 5.74) is 3.82. The minimum atomic E-state index is -0.173. The third-order valence-electron chi connectivity index (χ3n) is 6.30. The van der Waals surface area contributed by atoms with Gasteiger partial charge in [-0.1, -0.05) is 6.08 Å². The molecule has 190 valence electrons. The first-order valence-electron chi connectivity index (χ1n) is 12.3. The van der Waals surface area contributed by atoms with Crippen LogP contribution in [0.4, 0.5) is 17.2 Å². The fourth-order valence-corrected chi connectivity index (χ4v) is 4.35. The molecule has 0 saturated carbocycles. The van der Waals surface area contributed by atoms with Crippen LogP contribution in [-0.4, -0.2) is 48.0 Å². The second kappa shape index (κ2) is 10.2. The van der Waals surface area contributed by atoms with E-state index in [1.807, 2.05) is 49.4 Å². The number of hydrogen-bond donors (Lipinski definition) is 3. The van der Waals surface area contributed by atoms with E-state index >= 15 is 0 Å². The molecule has 1 atom stereocenters. The molecule has 6 rings (SSSR count). The second-order valence-corrected chi connectivity index (χ2v) is 9.04. The van der Waals surface area contributed by atoms with E-state index in [0.29, 0.717) is 28.8 Å². The first-order chi connectivity index (χ1) is 18.6. The highest BCUT2D eigenvalue weighted by molar-refractivity contribution is 6.02. The molecule has 11 heteroatoms. The van der Waals surface area contributed by atoms with Gasteiger partial charge in [-0.15, -0.1) is 10.2 Å². The number of carbonyl (C=O) groups excluding carboxylic acids is 1. The Morgan fingerprint density at radius 3 is 2.89 bits per heavy atom. The van der Waals surface area contributed by atoms with Crippen molar-refractivity contribution >= 4 is 39.6 Å². The summed E-state index contributed by atoms with van der Waals surface area (Å²) in [7, 11) is 0. The Morgan fingerprint density at radius 1 is 1.11 bits per heavy atom. The van der Waals surface area contributed by atoms with Gasteiger partial charge in [0.25, 0.3) is 0 Å². The van der Waals surface area contributed by atoms with Crippen molar-refractivity contribution in [3.05, 3.63) is 79.2 Å². The quantitative estimate of drug-likeness (QED) is 0.278. The third kappa shape index (κ3) is 5.13. The Bertz CT molecular complexity index is 1660. The summed E-state index contributed by atoms with van der Waals surface area (Å²) in [5.74, 6) is 1.56. The fourth-order valence-electron chi connectivity index (χ4n) is 4.35. The van der Waals surface area contributed by atoms with Crippen LogP contribution in [0.5, 0.6) is 11.6 Å². The van der Waals surface area contributed by atoms with E-state index in [4.69, 9.17) is 4.74 Å². The van der Waals surface area contributed by atoms with Crippen molar-refractivity contribution in [1.82, 2.24) is 34.9 Å². The van der Waals surface area contributed by atoms with Crippen molar-refractivity contribution in [3.63, 3.8) is 0 Å². The molecule has 1 aliphatic heterocycles. The molecule has 5 aromatic rings. The molecule has 1 unspecified atom stereocenters. The Morgan fingerprint density at radius 2 is 2.03 bits per heavy atom. The average Bonchev–Trinajstić information content (AvgIpc) is 3.61. The Hall–Kier alpha value is -4.90. The number of nitrogens with zero attached hydrogens (tertiary/aromatic N) is 6. The largest absolute Gasteiger partial charge is 0.439 e. The smallest absolute Gasteiger partial charge is 0.248 e. The molecule has 1 amide bonds. The van der Waals surface area contributed by atoms with Crippen LogP contribution in [0, 0.1) is 6.92 Å². The van der Waals surface area contributed by atoms with E-state index < -0.39 is 0 Å². The molecule has 0 radical (unpaired) electrons. The normalized spacial score (nSPS) is 15.3. The molecule has 1 aliphatic rings. The molecule has 0 bridgehead atoms. The maximum Gasteiger partial charge on any atom is 0.248 e. The van der Waals surface area contributed by atoms with Crippen LogP contribution in [0.2, 0.25) is 0 Å². The molecule has 38 heavy (non-hydrogen) atoms. The SMILES string of the molecule is Cc1cc(Nc2ncnc3ccc(NC(=O)C=CC4CCCN4)cc23)ccc1Oc1cc2nncn2cn1. The number of benzene rings is 2. The molecule has 2 aromatic carbocycles. The van der Waals surface area contributed by atoms with Crippen LogP contribution in [0.15, 0.2) is 73.6 Å². The topological polar surface area (TPSA) is 131 Å². The molecule has 11 nitrogen and oxygen atoms in total. The maximum absolute atomic E-state index is 12.4. The summed E-state index contributed by atoms with van der Waals surface area (Å²) in [6, 6.07) is 13.3. The van der Waals surface area contributed by atoms with Crippen LogP contribution in [0.3, 0.4) is 0 Å². The van der Waals surface area contributed by atoms with Crippen molar-refractivity contribution in [1.29, 1.82) is 0 Å². The first-order valence-corrected chi connectivity index (χ1v) is 12.3. The summed E-state index contributed by atoms with van der Waals surface area (Å²) < 4.78 is 7.68. The predicted octanol–water partition coefficient (Wildman–Crippen LogP) is 4.16. The molecule has 1 fully saturated rings. The molecular formula is C27H25N9O2. The van der Waals surface area contributed by atoms with Crippen LogP contribution in [0.25, 0.3) is 16.6 Å². The monoisotopic (exact) mass is 507 g/mol. The number of aryl methyl sites for hydroxylation is 1. The highest BCUT2D eigenvalue weighted by Crippen LogP contribution is 2.30. The lowest BCUT2D eigenvalue weighted by Crippen LogP contribution is -2.19. The Balaban J connectivity index is 1.18. The highest BCUT2D eigenvalue weighted by Gasteiger charge is 2.12. The van der Waals surface area contributed by atoms with Gasteiger partial charge in [0.05, 0.1) is 5.52 Å². The van der Waals surface area contributed by atoms with Gasteiger partial charge in [0, 0.05) is 34.9 Å². The van der Waals surface area contributed by atoms with Gasteiger partial charge >= 0.3 is 0 Å². The molecule has 3 aromatic heterocycles. The lowest BCUT2D eigenvalue weighted by molar-refractivity contribution is -0.111. The van der Waals surface area contributed by atoms with Crippen molar-refractivity contribution in [2.45, 2.75) is 25.8 Å². The molecular weight excluding hydrogens is 482 g/mol. The lowest BCUT2D eigenvalue weighted by atomic mass is 10.1. The van der Waals surface area contributed by atoms with Gasteiger partial charge in [0.2, 0.25) is 11.8 Å². The zero-order valence-corrected chi connectivity index (χ0v) is 20.6. The van der Waals surface area contributed by atoms with Gasteiger partial charge in [0.1, 0.15) is 30.5 Å². The Labute approximate surface area is 218 Å². The number of fused-ring (bicyclic) bond motifs is 2. The second-order valence-electron chi connectivity index (χ2n) is 9.04. The van der Waals surface area contributed by atoms with Crippen molar-refractivity contribution in [2.75, 3.05) is 17.2 Å². The maximum atomic E-state index is 12.4. The average molecular weight is 508 g/mol. The number of anilines is 3. The number of amides is 1. The van der Waals surface area contributed by atoms with E-state index in [0.717, 1.165) is 41.5 Å². The number of hydrogen-bond acceptors (Lipinski definition) is 9. The van der Waals surface area contributed by atoms with E-state index in [1.54, 1.807) is 29.2 Å². The van der Waals surface area contributed by atoms with Crippen molar-refractivity contribution in [3.8, 4) is 11.6 Å². The predicted molar refractivity (Wildman–Crippen MR) is 144 cm³/mol. The zero-order chi connectivity index (χ0) is 25.9. The molecule has 0 spiro atoms. The van der Waals surface area contributed by atoms with Gasteiger partial charge < -0.3 is 20.7 Å². The van der Waals surface area contributed by atoms with Crippen LogP contribution >= 0.6 is 0 Å². The summed E-state index contributed by atoms with van der Waals surface area (Å²) >= 11 is 0. The van der Waals surface area contributed by atoms with E-state index in [2.05, 4.69) is 41.1 Å². The number of nitrogens with one attached hydrogen (secondary N) is 3. The Kier molecular flexibility index (Phi) is 6.32. The van der Waals surface area contributed by atoms with Crippen LogP contribution in [-0.2, 0) is 4.79 Å². The molecule has 1 saturated heterocycles. The molecule has 0 aliphatic carbocycles. The number of rotatable bonds is 7. The summed E-state index contributed by atoms with van der Waals surface area (Å²) in [6.07, 6.45) is 10.4. The number of aromatic nitrogens is 6. The van der Waals surface area contributed by atoms with Crippen molar-refractivity contribution < 1.29 is 9.53 Å². The summed E-state index contributed by atoms with van der Waals surface area (Å²) in [6.45, 7) is 2.94. The van der Waals surface area contributed by atoms with Gasteiger partial charge in [-0.05, 0) is 68.3 Å². The molecule has 4 heterocycles. The summed E-state index contributed by atoms with van der Waals surface area (Å²) in [4.78, 5) is 25.5. The van der Waals surface area contributed by atoms with Gasteiger partial charge in [-0.3, -0.25) is 9.20 Å². The zero-order valence-electron chi connectivity index (χ0n) is 20.6. The third-order valence-corrected chi connectivity index (χ3v) is 6.30.